The Morgan fingerprint density at radius 3 is 1.08 bits per heavy atom. The van der Waals surface area contributed by atoms with Gasteiger partial charge < -0.3 is 4.74 Å². The minimum atomic E-state index is 0. The number of alkyl halides is 3. The summed E-state index contributed by atoms with van der Waals surface area (Å²) in [5, 5.41) is 2.56. The normalized spacial score (nSPS) is 9.00. The van der Waals surface area contributed by atoms with Gasteiger partial charge in [-0.15, -0.1) is 13.0 Å². The fraction of sp³-hybridized carbons (Fsp3) is 0.800. The van der Waals surface area contributed by atoms with E-state index in [1.54, 1.807) is 6.08 Å². The predicted molar refractivity (Wildman–Crippen MR) is 144 cm³/mol. The van der Waals surface area contributed by atoms with Crippen LogP contribution in [0.4, 0.5) is 0 Å². The highest BCUT2D eigenvalue weighted by molar-refractivity contribution is 9.09. The molecule has 1 aliphatic rings. The first-order valence-electron chi connectivity index (χ1n) is 3.60. The number of hydrogen-bond acceptors (Lipinski definition) is 1. The minimum Gasteiger partial charge on any atom is -0.372 e. The molecule has 0 amide bonds. The summed E-state index contributed by atoms with van der Waals surface area (Å²) in [6, 6.07) is 0. The Balaban J connectivity index is -0.00000000563. The Kier molecular flexibility index (Phi) is 450. The molecule has 4 heteroatoms. The molecule has 1 rings (SSSR count). The molecule has 0 radical (unpaired) electrons. The third-order valence-corrected chi connectivity index (χ3v) is 2.26. The molecule has 1 unspecified atom stereocenters. The molecular weight excluding hydrogens is 496 g/mol. The number of ether oxygens (including phenoxy) is 1. The number of epoxide rings is 1. The zero-order chi connectivity index (χ0) is 10.5. The van der Waals surface area contributed by atoms with Gasteiger partial charge in [0, 0.05) is 10.7 Å². The average Bonchev–Trinajstić information content (AvgIpc) is 3.02. The van der Waals surface area contributed by atoms with Crippen LogP contribution in [0.15, 0.2) is 12.7 Å². The van der Waals surface area contributed by atoms with Crippen LogP contribution in [0.1, 0.15) is 81.7 Å². The van der Waals surface area contributed by atoms with Gasteiger partial charge in [0.05, 0.1) is 18.0 Å². The van der Waals surface area contributed by atoms with E-state index in [1.165, 1.54) is 0 Å². The molecule has 1 nitrogen and oxygen atoms in total. The van der Waals surface area contributed by atoms with Gasteiger partial charge in [-0.2, -0.15) is 0 Å². The second-order valence-corrected chi connectivity index (χ2v) is 3.75. The molecular formula is C20H57Br3O. The second kappa shape index (κ2) is 107. The number of hydrogen-bond donors (Lipinski definition) is 0. The van der Waals surface area contributed by atoms with Crippen LogP contribution in [0.25, 0.3) is 0 Å². The largest absolute Gasteiger partial charge is 0.372 e. The maximum absolute atomic E-state index is 4.81. The van der Waals surface area contributed by atoms with E-state index >= 15 is 0 Å². The summed E-state index contributed by atoms with van der Waals surface area (Å²) in [6.45, 7) is 4.40. The van der Waals surface area contributed by atoms with Gasteiger partial charge in [0.2, 0.25) is 0 Å². The minimum absolute atomic E-state index is 0. The van der Waals surface area contributed by atoms with Crippen molar-refractivity contribution in [2.75, 3.05) is 22.6 Å². The summed E-state index contributed by atoms with van der Waals surface area (Å²) in [5.74, 6) is 2.35. The highest BCUT2D eigenvalue weighted by atomic mass is 79.9. The molecule has 0 N–H and O–H groups in total. The summed E-state index contributed by atoms with van der Waals surface area (Å²) in [6.07, 6.45) is 7.07. The molecule has 1 atom stereocenters. The third-order valence-electron chi connectivity index (χ3n) is 0.761. The van der Waals surface area contributed by atoms with Crippen LogP contribution in [-0.4, -0.2) is 28.7 Å². The van der Waals surface area contributed by atoms with E-state index in [1.807, 2.05) is 0 Å². The van der Waals surface area contributed by atoms with Crippen molar-refractivity contribution in [3.8, 4) is 12.3 Å². The van der Waals surface area contributed by atoms with E-state index in [2.05, 4.69) is 60.3 Å². The van der Waals surface area contributed by atoms with Crippen LogP contribution in [0, 0.1) is 12.3 Å². The zero-order valence-electron chi connectivity index (χ0n) is 7.31. The van der Waals surface area contributed by atoms with E-state index in [4.69, 9.17) is 11.2 Å². The maximum Gasteiger partial charge on any atom is 0.0906 e. The van der Waals surface area contributed by atoms with E-state index in [0.717, 1.165) is 17.3 Å². The maximum atomic E-state index is 4.81. The van der Waals surface area contributed by atoms with Crippen molar-refractivity contribution >= 4 is 47.8 Å². The summed E-state index contributed by atoms with van der Waals surface area (Å²) >= 11 is 9.39. The summed E-state index contributed by atoms with van der Waals surface area (Å²) in [4.78, 5) is 0. The van der Waals surface area contributed by atoms with Gasteiger partial charge in [-0.1, -0.05) is 141 Å². The highest BCUT2D eigenvalue weighted by Gasteiger charge is 2.19. The molecule has 1 aliphatic heterocycles. The molecule has 1 fully saturated rings. The zero-order valence-corrected chi connectivity index (χ0v) is 12.1. The van der Waals surface area contributed by atoms with Crippen molar-refractivity contribution < 1.29 is 4.74 Å². The van der Waals surface area contributed by atoms with Crippen LogP contribution in [-0.2, 0) is 4.74 Å². The van der Waals surface area contributed by atoms with Gasteiger partial charge in [0.1, 0.15) is 0 Å². The number of allylic oxidation sites excluding steroid dienone is 1. The van der Waals surface area contributed by atoms with Crippen LogP contribution in [0.3, 0.4) is 0 Å². The Labute approximate surface area is 187 Å². The van der Waals surface area contributed by atoms with Crippen LogP contribution < -0.4 is 0 Å². The molecule has 0 aliphatic carbocycles. The summed E-state index contributed by atoms with van der Waals surface area (Å²) in [7, 11) is 0. The number of terminal acetylenes is 1. The van der Waals surface area contributed by atoms with Crippen molar-refractivity contribution in [3.05, 3.63) is 12.7 Å². The SMILES string of the molecule is BrCC1CO1.C.C.C.C.C.C.C.C.C.C.C.C#CCBr.C=CCBr. The lowest BCUT2D eigenvalue weighted by Crippen LogP contribution is -1.79. The van der Waals surface area contributed by atoms with Crippen molar-refractivity contribution in [2.24, 2.45) is 0 Å². The van der Waals surface area contributed by atoms with Crippen molar-refractivity contribution in [3.63, 3.8) is 0 Å². The van der Waals surface area contributed by atoms with E-state index in [-0.39, 0.29) is 81.7 Å². The van der Waals surface area contributed by atoms with Crippen molar-refractivity contribution in [1.82, 2.24) is 0 Å². The standard InChI is InChI=1S/C3H5BrO.C3H5Br.C3H3Br.11CH4/c4-1-3-2-5-3;2*1-2-3-4;;;;;;;;;;;/h3H,1-2H2;2H,1,3H2;1H,3H2;11*1H4. The molecule has 0 aromatic heterocycles. The molecule has 1 saturated heterocycles. The molecule has 0 aromatic rings. The fourth-order valence-electron chi connectivity index (χ4n) is 0.157. The first-order chi connectivity index (χ1) is 6.26. The van der Waals surface area contributed by atoms with Gasteiger partial charge in [-0.05, 0) is 0 Å². The van der Waals surface area contributed by atoms with Crippen LogP contribution in [0.5, 0.6) is 0 Å². The number of rotatable bonds is 2. The quantitative estimate of drug-likeness (QED) is 0.143. The van der Waals surface area contributed by atoms with E-state index in [0.29, 0.717) is 11.4 Å². The van der Waals surface area contributed by atoms with Crippen molar-refractivity contribution in [1.29, 1.82) is 0 Å². The first kappa shape index (κ1) is 101. The molecule has 1 heterocycles. The third kappa shape index (κ3) is 180. The highest BCUT2D eigenvalue weighted by Crippen LogP contribution is 2.09. The molecule has 164 valence electrons. The van der Waals surface area contributed by atoms with E-state index in [9.17, 15) is 0 Å². The molecule has 0 saturated carbocycles. The van der Waals surface area contributed by atoms with Crippen LogP contribution in [0.2, 0.25) is 0 Å². The number of halogens is 3. The first-order valence-corrected chi connectivity index (χ1v) is 6.97. The van der Waals surface area contributed by atoms with Gasteiger partial charge in [0.15, 0.2) is 0 Å². The smallest absolute Gasteiger partial charge is 0.0906 e. The second-order valence-electron chi connectivity index (χ2n) is 1.89. The van der Waals surface area contributed by atoms with Crippen LogP contribution >= 0.6 is 47.8 Å². The van der Waals surface area contributed by atoms with Gasteiger partial charge in [-0.25, -0.2) is 0 Å². The predicted octanol–water partition coefficient (Wildman–Crippen LogP) is 10.4. The topological polar surface area (TPSA) is 12.5 Å². The summed E-state index contributed by atoms with van der Waals surface area (Å²) < 4.78 is 4.81. The van der Waals surface area contributed by atoms with Crippen molar-refractivity contribution in [2.45, 2.75) is 87.8 Å². The lowest BCUT2D eigenvalue weighted by Gasteiger charge is -1.67. The molecule has 0 spiro atoms. The van der Waals surface area contributed by atoms with Gasteiger partial charge >= 0.3 is 0 Å². The average molecular weight is 553 g/mol. The lowest BCUT2D eigenvalue weighted by atomic mass is 10.6. The Morgan fingerprint density at radius 2 is 1.08 bits per heavy atom. The Hall–Kier alpha value is 0.700. The Bertz CT molecular complexity index is 142. The monoisotopic (exact) mass is 550 g/mol. The fourth-order valence-corrected chi connectivity index (χ4v) is 0.531. The lowest BCUT2D eigenvalue weighted by molar-refractivity contribution is 0.427. The molecule has 0 bridgehead atoms. The molecule has 0 aromatic carbocycles. The van der Waals surface area contributed by atoms with Gasteiger partial charge in [0.25, 0.3) is 0 Å². The summed E-state index contributed by atoms with van der Waals surface area (Å²) in [5.41, 5.74) is 0. The van der Waals surface area contributed by atoms with Gasteiger partial charge in [-0.3, -0.25) is 0 Å². The van der Waals surface area contributed by atoms with E-state index < -0.39 is 0 Å². The molecule has 24 heavy (non-hydrogen) atoms. The Morgan fingerprint density at radius 1 is 0.875 bits per heavy atom.